The maximum absolute atomic E-state index is 12.5. The number of thiophene rings is 1. The molecule has 0 atom stereocenters. The molecule has 1 fully saturated rings. The number of hydrogen-bond donors (Lipinski definition) is 0. The van der Waals surface area contributed by atoms with E-state index in [1.54, 1.807) is 0 Å². The third-order valence-corrected chi connectivity index (χ3v) is 5.41. The van der Waals surface area contributed by atoms with Gasteiger partial charge in [-0.1, -0.05) is 6.07 Å². The van der Waals surface area contributed by atoms with Crippen molar-refractivity contribution in [1.29, 1.82) is 0 Å². The number of nitrogens with zero attached hydrogens (tertiary/aromatic N) is 2. The van der Waals surface area contributed by atoms with Crippen molar-refractivity contribution in [3.05, 3.63) is 33.9 Å². The van der Waals surface area contributed by atoms with Gasteiger partial charge in [-0.25, -0.2) is 0 Å². The largest absolute Gasteiger partial charge is 0.486 e. The van der Waals surface area contributed by atoms with Crippen molar-refractivity contribution in [2.24, 2.45) is 0 Å². The average molecular weight is 372 g/mol. The van der Waals surface area contributed by atoms with Crippen LogP contribution in [0.3, 0.4) is 0 Å². The summed E-state index contributed by atoms with van der Waals surface area (Å²) in [6, 6.07) is 6.10. The summed E-state index contributed by atoms with van der Waals surface area (Å²) in [6.45, 7) is 3.60. The molecule has 0 amide bonds. The van der Waals surface area contributed by atoms with Crippen LogP contribution in [0.5, 0.6) is 11.5 Å². The van der Waals surface area contributed by atoms with Gasteiger partial charge < -0.3 is 23.5 Å². The molecule has 5 rings (SSSR count). The topological polar surface area (TPSA) is 74.0 Å². The first-order valence-corrected chi connectivity index (χ1v) is 9.32. The minimum Gasteiger partial charge on any atom is -0.486 e. The van der Waals surface area contributed by atoms with Crippen molar-refractivity contribution < 1.29 is 18.6 Å². The quantitative estimate of drug-likeness (QED) is 0.684. The molecule has 2 aliphatic rings. The summed E-state index contributed by atoms with van der Waals surface area (Å²) in [5.41, 5.74) is 2.08. The van der Waals surface area contributed by atoms with Crippen molar-refractivity contribution in [1.82, 2.24) is 4.98 Å². The van der Waals surface area contributed by atoms with Gasteiger partial charge in [0.05, 0.1) is 13.2 Å². The van der Waals surface area contributed by atoms with Crippen molar-refractivity contribution in [2.75, 3.05) is 44.4 Å². The van der Waals surface area contributed by atoms with Gasteiger partial charge in [-0.15, -0.1) is 11.3 Å². The van der Waals surface area contributed by atoms with E-state index in [0.29, 0.717) is 61.6 Å². The van der Waals surface area contributed by atoms with Crippen molar-refractivity contribution in [3.63, 3.8) is 0 Å². The zero-order valence-electron chi connectivity index (χ0n) is 13.9. The maximum atomic E-state index is 12.5. The Kier molecular flexibility index (Phi) is 3.79. The second kappa shape index (κ2) is 6.30. The number of aromatic nitrogens is 1. The monoisotopic (exact) mass is 372 g/mol. The summed E-state index contributed by atoms with van der Waals surface area (Å²) >= 11 is 1.34. The molecule has 1 aromatic carbocycles. The number of rotatable bonds is 2. The highest BCUT2D eigenvalue weighted by Crippen LogP contribution is 2.39. The fourth-order valence-electron chi connectivity index (χ4n) is 3.15. The molecule has 2 aromatic heterocycles. The molecule has 0 N–H and O–H groups in total. The number of morpholine rings is 1. The van der Waals surface area contributed by atoms with Crippen LogP contribution in [0.15, 0.2) is 32.8 Å². The smallest absolute Gasteiger partial charge is 0.301 e. The average Bonchev–Trinajstić information content (AvgIpc) is 3.13. The summed E-state index contributed by atoms with van der Waals surface area (Å²) < 4.78 is 23.2. The van der Waals surface area contributed by atoms with E-state index in [0.717, 1.165) is 16.9 Å². The molecule has 0 spiro atoms. The van der Waals surface area contributed by atoms with Crippen LogP contribution in [0, 0.1) is 0 Å². The van der Waals surface area contributed by atoms with E-state index >= 15 is 0 Å². The predicted octanol–water partition coefficient (Wildman–Crippen LogP) is 2.52. The van der Waals surface area contributed by atoms with Crippen LogP contribution in [0.25, 0.3) is 21.4 Å². The van der Waals surface area contributed by atoms with Gasteiger partial charge in [-0.3, -0.25) is 4.79 Å². The molecule has 3 aromatic rings. The zero-order valence-corrected chi connectivity index (χ0v) is 14.7. The van der Waals surface area contributed by atoms with Crippen molar-refractivity contribution in [2.45, 2.75) is 0 Å². The van der Waals surface area contributed by atoms with Gasteiger partial charge in [0.15, 0.2) is 17.1 Å². The first-order chi connectivity index (χ1) is 12.8. The molecule has 7 nitrogen and oxygen atoms in total. The summed E-state index contributed by atoms with van der Waals surface area (Å²) in [5, 5.41) is 1.92. The van der Waals surface area contributed by atoms with Crippen LogP contribution in [-0.2, 0) is 4.74 Å². The number of anilines is 1. The van der Waals surface area contributed by atoms with E-state index in [9.17, 15) is 4.79 Å². The molecule has 26 heavy (non-hydrogen) atoms. The number of fused-ring (bicyclic) bond motifs is 2. The molecule has 0 unspecified atom stereocenters. The van der Waals surface area contributed by atoms with Gasteiger partial charge in [0.1, 0.15) is 17.9 Å². The van der Waals surface area contributed by atoms with Gasteiger partial charge in [0.25, 0.3) is 5.56 Å². The van der Waals surface area contributed by atoms with Gasteiger partial charge in [0.2, 0.25) is 0 Å². The van der Waals surface area contributed by atoms with Crippen LogP contribution in [-0.4, -0.2) is 44.5 Å². The lowest BCUT2D eigenvalue weighted by Crippen LogP contribution is -2.37. The highest BCUT2D eigenvalue weighted by atomic mass is 32.1. The molecular weight excluding hydrogens is 356 g/mol. The van der Waals surface area contributed by atoms with Crippen LogP contribution < -0.4 is 19.9 Å². The Balaban J connectivity index is 1.62. The van der Waals surface area contributed by atoms with Crippen LogP contribution in [0.4, 0.5) is 6.01 Å². The number of hydrogen-bond acceptors (Lipinski definition) is 8. The van der Waals surface area contributed by atoms with Crippen LogP contribution >= 0.6 is 11.3 Å². The van der Waals surface area contributed by atoms with Crippen LogP contribution in [0.1, 0.15) is 0 Å². The van der Waals surface area contributed by atoms with Crippen LogP contribution in [0.2, 0.25) is 0 Å². The van der Waals surface area contributed by atoms with Gasteiger partial charge >= 0.3 is 6.01 Å². The second-order valence-electron chi connectivity index (χ2n) is 6.07. The van der Waals surface area contributed by atoms with E-state index < -0.39 is 0 Å². The lowest BCUT2D eigenvalue weighted by molar-refractivity contribution is 0.120. The number of benzene rings is 1. The normalized spacial score (nSPS) is 16.8. The molecule has 0 bridgehead atoms. The Morgan fingerprint density at radius 2 is 1.85 bits per heavy atom. The van der Waals surface area contributed by atoms with Crippen molar-refractivity contribution >= 4 is 27.6 Å². The molecule has 4 heterocycles. The second-order valence-corrected chi connectivity index (χ2v) is 6.95. The highest BCUT2D eigenvalue weighted by molar-refractivity contribution is 7.17. The van der Waals surface area contributed by atoms with E-state index in [1.807, 2.05) is 28.5 Å². The molecule has 1 saturated heterocycles. The molecule has 8 heteroatoms. The summed E-state index contributed by atoms with van der Waals surface area (Å²) in [6.07, 6.45) is 0. The van der Waals surface area contributed by atoms with Crippen molar-refractivity contribution in [3.8, 4) is 22.6 Å². The van der Waals surface area contributed by atoms with E-state index in [2.05, 4.69) is 4.98 Å². The Labute approximate surface area is 152 Å². The van der Waals surface area contributed by atoms with Gasteiger partial charge in [-0.05, 0) is 17.7 Å². The lowest BCUT2D eigenvalue weighted by Gasteiger charge is -2.25. The molecule has 2 aliphatic heterocycles. The summed E-state index contributed by atoms with van der Waals surface area (Å²) in [5.74, 6) is 1.44. The summed E-state index contributed by atoms with van der Waals surface area (Å²) in [7, 11) is 0. The molecule has 134 valence electrons. The molecule has 0 saturated carbocycles. The minimum atomic E-state index is -0.262. The summed E-state index contributed by atoms with van der Waals surface area (Å²) in [4.78, 5) is 18.5. The molecule has 0 radical (unpaired) electrons. The Hall–Kier alpha value is -2.58. The Morgan fingerprint density at radius 3 is 2.69 bits per heavy atom. The third-order valence-electron chi connectivity index (χ3n) is 4.47. The van der Waals surface area contributed by atoms with Gasteiger partial charge in [-0.2, -0.15) is 4.98 Å². The van der Waals surface area contributed by atoms with E-state index in [-0.39, 0.29) is 5.56 Å². The molecular formula is C18H16N2O5S. The molecule has 0 aliphatic carbocycles. The van der Waals surface area contributed by atoms with E-state index in [4.69, 9.17) is 18.6 Å². The predicted molar refractivity (Wildman–Crippen MR) is 97.6 cm³/mol. The van der Waals surface area contributed by atoms with E-state index in [1.165, 1.54) is 11.3 Å². The first kappa shape index (κ1) is 15.7. The SMILES string of the molecule is O=c1nc(N2CCOCC2)oc2c(-c3ccc4c(c3)OCCO4)csc12. The maximum Gasteiger partial charge on any atom is 0.301 e. The fourth-order valence-corrected chi connectivity index (χ4v) is 4.03. The zero-order chi connectivity index (χ0) is 17.5. The lowest BCUT2D eigenvalue weighted by atomic mass is 10.1. The minimum absolute atomic E-state index is 0.262. The standard InChI is InChI=1S/C18H16N2O5S/c21-17-16-15(25-18(19-17)20-3-5-22-6-4-20)12(10-26-16)11-1-2-13-14(9-11)24-8-7-23-13/h1-2,9-10H,3-8H2. The third kappa shape index (κ3) is 2.62. The Morgan fingerprint density at radius 1 is 1.04 bits per heavy atom. The first-order valence-electron chi connectivity index (χ1n) is 8.45. The Bertz CT molecular complexity index is 1020. The van der Waals surface area contributed by atoms with Gasteiger partial charge in [0, 0.05) is 24.0 Å². The number of ether oxygens (including phenoxy) is 3. The highest BCUT2D eigenvalue weighted by Gasteiger charge is 2.21. The fraction of sp³-hybridized carbons (Fsp3) is 0.333.